The van der Waals surface area contributed by atoms with Gasteiger partial charge in [-0.3, -0.25) is 9.78 Å². The van der Waals surface area contributed by atoms with E-state index < -0.39 is 0 Å². The number of aromatic hydroxyl groups is 1. The number of aromatic nitrogens is 1. The van der Waals surface area contributed by atoms with Crippen LogP contribution in [0.2, 0.25) is 0 Å². The van der Waals surface area contributed by atoms with Crippen LogP contribution in [0.4, 0.5) is 0 Å². The molecule has 0 spiro atoms. The maximum absolute atomic E-state index is 12.3. The van der Waals surface area contributed by atoms with Crippen molar-refractivity contribution in [1.29, 1.82) is 0 Å². The number of hydrogen-bond donors (Lipinski definition) is 2. The number of carbonyl (C=O) groups excluding carboxylic acids is 1. The number of rotatable bonds is 7. The summed E-state index contributed by atoms with van der Waals surface area (Å²) in [6.45, 7) is 0.986. The van der Waals surface area contributed by atoms with Gasteiger partial charge in [0.25, 0.3) is 0 Å². The van der Waals surface area contributed by atoms with Gasteiger partial charge in [-0.05, 0) is 50.7 Å². The molecule has 0 aliphatic carbocycles. The van der Waals surface area contributed by atoms with Crippen molar-refractivity contribution in [2.24, 2.45) is 0 Å². The molecule has 0 atom stereocenters. The highest BCUT2D eigenvalue weighted by Gasteiger charge is 2.10. The molecule has 0 saturated heterocycles. The van der Waals surface area contributed by atoms with Gasteiger partial charge < -0.3 is 10.4 Å². The van der Waals surface area contributed by atoms with Gasteiger partial charge in [-0.1, -0.05) is 6.42 Å². The molecule has 1 aromatic heterocycles. The van der Waals surface area contributed by atoms with Crippen LogP contribution in [0, 0.1) is 0 Å². The molecule has 0 fully saturated rings. The van der Waals surface area contributed by atoms with Crippen molar-refractivity contribution in [3.63, 3.8) is 0 Å². The van der Waals surface area contributed by atoms with E-state index in [1.54, 1.807) is 30.5 Å². The first kappa shape index (κ1) is 14.5. The summed E-state index contributed by atoms with van der Waals surface area (Å²) in [5.41, 5.74) is 1.39. The van der Waals surface area contributed by atoms with E-state index in [-0.39, 0.29) is 11.5 Å². The largest absolute Gasteiger partial charge is 0.508 e. The molecule has 0 aliphatic heterocycles. The van der Waals surface area contributed by atoms with Gasteiger partial charge in [0.05, 0.1) is 5.52 Å². The first-order valence-corrected chi connectivity index (χ1v) is 6.98. The zero-order valence-corrected chi connectivity index (χ0v) is 11.7. The molecule has 1 heterocycles. The Morgan fingerprint density at radius 1 is 1.25 bits per heavy atom. The van der Waals surface area contributed by atoms with Crippen LogP contribution in [0.5, 0.6) is 5.75 Å². The lowest BCUT2D eigenvalue weighted by Gasteiger charge is -2.06. The van der Waals surface area contributed by atoms with Gasteiger partial charge in [0.1, 0.15) is 5.75 Å². The molecule has 0 amide bonds. The van der Waals surface area contributed by atoms with Crippen molar-refractivity contribution in [3.05, 3.63) is 36.0 Å². The first-order chi connectivity index (χ1) is 9.72. The van der Waals surface area contributed by atoms with Gasteiger partial charge in [-0.2, -0.15) is 0 Å². The van der Waals surface area contributed by atoms with Crippen LogP contribution in [0.15, 0.2) is 30.5 Å². The Kier molecular flexibility index (Phi) is 5.07. The molecule has 0 radical (unpaired) electrons. The molecule has 2 N–H and O–H groups in total. The summed E-state index contributed by atoms with van der Waals surface area (Å²) in [5.74, 6) is 0.279. The lowest BCUT2D eigenvalue weighted by Crippen LogP contribution is -2.07. The van der Waals surface area contributed by atoms with E-state index in [4.69, 9.17) is 0 Å². The highest BCUT2D eigenvalue weighted by atomic mass is 16.3. The van der Waals surface area contributed by atoms with Crippen molar-refractivity contribution >= 4 is 16.7 Å². The van der Waals surface area contributed by atoms with Crippen LogP contribution in [0.3, 0.4) is 0 Å². The van der Waals surface area contributed by atoms with Crippen molar-refractivity contribution in [2.45, 2.75) is 25.7 Å². The lowest BCUT2D eigenvalue weighted by atomic mass is 10.0. The van der Waals surface area contributed by atoms with E-state index in [2.05, 4.69) is 10.3 Å². The second kappa shape index (κ2) is 7.01. The van der Waals surface area contributed by atoms with E-state index in [1.807, 2.05) is 7.05 Å². The predicted molar refractivity (Wildman–Crippen MR) is 80.1 cm³/mol. The Hall–Kier alpha value is -1.94. The molecule has 4 nitrogen and oxygen atoms in total. The molecular weight excluding hydrogens is 252 g/mol. The monoisotopic (exact) mass is 272 g/mol. The van der Waals surface area contributed by atoms with E-state index in [0.717, 1.165) is 36.7 Å². The summed E-state index contributed by atoms with van der Waals surface area (Å²) >= 11 is 0. The van der Waals surface area contributed by atoms with Crippen molar-refractivity contribution in [1.82, 2.24) is 10.3 Å². The average molecular weight is 272 g/mol. The van der Waals surface area contributed by atoms with Crippen LogP contribution < -0.4 is 5.32 Å². The summed E-state index contributed by atoms with van der Waals surface area (Å²) in [6.07, 6.45) is 5.21. The molecule has 2 rings (SSSR count). The zero-order valence-electron chi connectivity index (χ0n) is 11.7. The predicted octanol–water partition coefficient (Wildman–Crippen LogP) is 2.90. The van der Waals surface area contributed by atoms with E-state index >= 15 is 0 Å². The number of fused-ring (bicyclic) bond motifs is 1. The number of nitrogens with zero attached hydrogens (tertiary/aromatic N) is 1. The van der Waals surface area contributed by atoms with Crippen molar-refractivity contribution in [3.8, 4) is 5.75 Å². The van der Waals surface area contributed by atoms with Crippen molar-refractivity contribution < 1.29 is 9.90 Å². The van der Waals surface area contributed by atoms with Gasteiger partial charge in [0.2, 0.25) is 0 Å². The highest BCUT2D eigenvalue weighted by Crippen LogP contribution is 2.23. The number of phenolic OH excluding ortho intramolecular Hbond substituents is 1. The summed E-state index contributed by atoms with van der Waals surface area (Å²) in [6, 6.07) is 6.66. The third kappa shape index (κ3) is 3.54. The minimum Gasteiger partial charge on any atom is -0.508 e. The third-order valence-electron chi connectivity index (χ3n) is 3.36. The molecule has 0 bridgehead atoms. The molecule has 106 valence electrons. The zero-order chi connectivity index (χ0) is 14.4. The van der Waals surface area contributed by atoms with Gasteiger partial charge in [-0.15, -0.1) is 0 Å². The number of nitrogens with one attached hydrogen (secondary N) is 1. The summed E-state index contributed by atoms with van der Waals surface area (Å²) < 4.78 is 0. The maximum atomic E-state index is 12.3. The van der Waals surface area contributed by atoms with Gasteiger partial charge in [-0.25, -0.2) is 0 Å². The highest BCUT2D eigenvalue weighted by molar-refractivity contribution is 6.07. The van der Waals surface area contributed by atoms with Crippen LogP contribution in [-0.4, -0.2) is 29.5 Å². The van der Waals surface area contributed by atoms with Crippen LogP contribution in [0.25, 0.3) is 10.9 Å². The second-order valence-corrected chi connectivity index (χ2v) is 4.90. The van der Waals surface area contributed by atoms with Gasteiger partial charge in [0.15, 0.2) is 5.78 Å². The molecule has 2 aromatic rings. The average Bonchev–Trinajstić information content (AvgIpc) is 2.46. The third-order valence-corrected chi connectivity index (χ3v) is 3.36. The number of hydrogen-bond acceptors (Lipinski definition) is 4. The second-order valence-electron chi connectivity index (χ2n) is 4.90. The Balaban J connectivity index is 2.08. The van der Waals surface area contributed by atoms with E-state index in [1.165, 1.54) is 0 Å². The number of phenols is 1. The van der Waals surface area contributed by atoms with Crippen LogP contribution >= 0.6 is 0 Å². The minimum absolute atomic E-state index is 0.118. The fraction of sp³-hybridized carbons (Fsp3) is 0.375. The number of benzene rings is 1. The maximum Gasteiger partial charge on any atom is 0.163 e. The number of ketones is 1. The number of pyridine rings is 1. The Labute approximate surface area is 118 Å². The number of carbonyl (C=O) groups is 1. The number of unbranched alkanes of at least 4 members (excludes halogenated alkanes) is 2. The summed E-state index contributed by atoms with van der Waals surface area (Å²) in [4.78, 5) is 16.5. The normalized spacial score (nSPS) is 10.8. The molecule has 0 unspecified atom stereocenters. The summed E-state index contributed by atoms with van der Waals surface area (Å²) in [5, 5.41) is 13.4. The number of Topliss-reactive ketones (excluding diaryl/α,β-unsaturated/α-hetero) is 1. The van der Waals surface area contributed by atoms with Gasteiger partial charge >= 0.3 is 0 Å². The van der Waals surface area contributed by atoms with Crippen LogP contribution in [0.1, 0.15) is 36.0 Å². The Morgan fingerprint density at radius 2 is 2.10 bits per heavy atom. The molecule has 4 heteroatoms. The standard InChI is InChI=1S/C16H20N2O2/c1-17-9-4-2-3-5-16(20)13-8-10-18-15-7-6-12(19)11-14(13)15/h6-8,10-11,17,19H,2-5,9H2,1H3. The Morgan fingerprint density at radius 3 is 2.90 bits per heavy atom. The fourth-order valence-electron chi connectivity index (χ4n) is 2.28. The summed E-state index contributed by atoms with van der Waals surface area (Å²) in [7, 11) is 1.93. The quantitative estimate of drug-likeness (QED) is 0.601. The lowest BCUT2D eigenvalue weighted by molar-refractivity contribution is 0.0980. The Bertz CT molecular complexity index is 596. The molecule has 0 saturated carbocycles. The fourth-order valence-corrected chi connectivity index (χ4v) is 2.28. The van der Waals surface area contributed by atoms with Crippen LogP contribution in [-0.2, 0) is 0 Å². The molecule has 0 aliphatic rings. The smallest absolute Gasteiger partial charge is 0.163 e. The molecule has 1 aromatic carbocycles. The van der Waals surface area contributed by atoms with Gasteiger partial charge in [0, 0.05) is 23.6 Å². The molecular formula is C16H20N2O2. The first-order valence-electron chi connectivity index (χ1n) is 6.98. The van der Waals surface area contributed by atoms with E-state index in [9.17, 15) is 9.90 Å². The molecule has 20 heavy (non-hydrogen) atoms. The van der Waals surface area contributed by atoms with E-state index in [0.29, 0.717) is 12.0 Å². The van der Waals surface area contributed by atoms with Crippen molar-refractivity contribution in [2.75, 3.05) is 13.6 Å². The SMILES string of the molecule is CNCCCCCC(=O)c1ccnc2ccc(O)cc12. The topological polar surface area (TPSA) is 62.2 Å². The minimum atomic E-state index is 0.118.